The van der Waals surface area contributed by atoms with Crippen LogP contribution in [0.3, 0.4) is 0 Å². The Labute approximate surface area is 160 Å². The summed E-state index contributed by atoms with van der Waals surface area (Å²) < 4.78 is 0. The second-order valence-electron chi connectivity index (χ2n) is 7.08. The third-order valence-electron chi connectivity index (χ3n) is 4.76. The topological polar surface area (TPSA) is 47.0 Å². The van der Waals surface area contributed by atoms with E-state index in [1.807, 2.05) is 0 Å². The molecule has 1 aliphatic rings. The first-order valence-electron chi connectivity index (χ1n) is 8.51. The first-order chi connectivity index (χ1) is 11.8. The van der Waals surface area contributed by atoms with Crippen molar-refractivity contribution in [3.05, 3.63) is 33.8 Å². The molecule has 25 heavy (non-hydrogen) atoms. The van der Waals surface area contributed by atoms with E-state index in [9.17, 15) is 9.90 Å². The molecule has 1 aromatic rings. The van der Waals surface area contributed by atoms with Gasteiger partial charge in [-0.2, -0.15) is 0 Å². The van der Waals surface area contributed by atoms with Crippen LogP contribution in [-0.2, 0) is 0 Å². The molecule has 140 valence electrons. The molecule has 7 heteroatoms. The average Bonchev–Trinajstić information content (AvgIpc) is 2.97. The molecule has 2 rings (SSSR count). The summed E-state index contributed by atoms with van der Waals surface area (Å²) in [6.07, 6.45) is 0. The van der Waals surface area contributed by atoms with Gasteiger partial charge >= 0.3 is 0 Å². The van der Waals surface area contributed by atoms with Gasteiger partial charge < -0.3 is 19.8 Å². The number of aliphatic hydroxyl groups excluding tert-OH is 1. The molecule has 0 spiro atoms. The Bertz CT molecular complexity index is 598. The Hall–Kier alpha value is -0.850. The first kappa shape index (κ1) is 20.5. The summed E-state index contributed by atoms with van der Waals surface area (Å²) in [5.74, 6) is 0.215. The summed E-state index contributed by atoms with van der Waals surface area (Å²) in [6, 6.07) is 5.10. The van der Waals surface area contributed by atoms with Gasteiger partial charge in [0.15, 0.2) is 0 Å². The van der Waals surface area contributed by atoms with Gasteiger partial charge in [0.05, 0.1) is 15.6 Å². The summed E-state index contributed by atoms with van der Waals surface area (Å²) >= 11 is 12.2. The van der Waals surface area contributed by atoms with E-state index in [-0.39, 0.29) is 24.3 Å². The average molecular weight is 388 g/mol. The fraction of sp³-hybridized carbons (Fsp3) is 0.611. The van der Waals surface area contributed by atoms with Gasteiger partial charge in [-0.3, -0.25) is 4.79 Å². The summed E-state index contributed by atoms with van der Waals surface area (Å²) in [4.78, 5) is 19.0. The Morgan fingerprint density at radius 3 is 2.52 bits per heavy atom. The van der Waals surface area contributed by atoms with Crippen LogP contribution in [-0.4, -0.2) is 86.2 Å². The lowest BCUT2D eigenvalue weighted by atomic mass is 9.96. The number of halogens is 2. The molecule has 1 amide bonds. The number of rotatable bonds is 7. The van der Waals surface area contributed by atoms with Crippen LogP contribution in [0.25, 0.3) is 0 Å². The van der Waals surface area contributed by atoms with Crippen molar-refractivity contribution in [1.29, 1.82) is 0 Å². The van der Waals surface area contributed by atoms with Crippen molar-refractivity contribution in [3.8, 4) is 0 Å². The second-order valence-corrected chi connectivity index (χ2v) is 7.86. The third kappa shape index (κ3) is 5.31. The summed E-state index contributed by atoms with van der Waals surface area (Å²) in [5, 5.41) is 10.4. The highest BCUT2D eigenvalue weighted by atomic mass is 35.5. The van der Waals surface area contributed by atoms with Gasteiger partial charge in [0.25, 0.3) is 5.91 Å². The van der Waals surface area contributed by atoms with Gasteiger partial charge in [-0.1, -0.05) is 29.3 Å². The predicted octanol–water partition coefficient (Wildman–Crippen LogP) is 2.17. The van der Waals surface area contributed by atoms with E-state index in [0.717, 1.165) is 19.6 Å². The lowest BCUT2D eigenvalue weighted by molar-refractivity contribution is 0.0779. The molecule has 0 unspecified atom stereocenters. The summed E-state index contributed by atoms with van der Waals surface area (Å²) in [6.45, 7) is 4.04. The van der Waals surface area contributed by atoms with Crippen LogP contribution in [0.5, 0.6) is 0 Å². The van der Waals surface area contributed by atoms with Crippen molar-refractivity contribution < 1.29 is 9.90 Å². The number of benzene rings is 1. The number of amides is 1. The maximum absolute atomic E-state index is 12.8. The van der Waals surface area contributed by atoms with E-state index < -0.39 is 0 Å². The van der Waals surface area contributed by atoms with Crippen molar-refractivity contribution in [3.63, 3.8) is 0 Å². The van der Waals surface area contributed by atoms with Gasteiger partial charge in [-0.15, -0.1) is 0 Å². The van der Waals surface area contributed by atoms with Gasteiger partial charge in [0, 0.05) is 45.2 Å². The van der Waals surface area contributed by atoms with Crippen LogP contribution < -0.4 is 0 Å². The number of carbonyl (C=O) groups is 1. The highest BCUT2D eigenvalue weighted by molar-refractivity contribution is 6.43. The van der Waals surface area contributed by atoms with Crippen molar-refractivity contribution in [2.24, 2.45) is 11.8 Å². The second kappa shape index (κ2) is 9.19. The van der Waals surface area contributed by atoms with Crippen LogP contribution in [0.15, 0.2) is 18.2 Å². The van der Waals surface area contributed by atoms with Crippen molar-refractivity contribution in [2.45, 2.75) is 0 Å². The number of hydrogen-bond acceptors (Lipinski definition) is 4. The molecule has 1 aromatic carbocycles. The predicted molar refractivity (Wildman–Crippen MR) is 102 cm³/mol. The minimum absolute atomic E-state index is 0.0826. The Morgan fingerprint density at radius 1 is 1.20 bits per heavy atom. The standard InChI is InChI=1S/C18H27Cl2N3O2/c1-21(2)7-8-22(3)9-13-10-23(11-14(13)12-24)18(25)15-5-4-6-16(19)17(15)20/h4-6,13-14,24H,7-12H2,1-3H3/t13-,14-/m1/s1. The van der Waals surface area contributed by atoms with Crippen molar-refractivity contribution in [2.75, 3.05) is 60.5 Å². The molecule has 1 N–H and O–H groups in total. The molecule has 5 nitrogen and oxygen atoms in total. The number of hydrogen-bond donors (Lipinski definition) is 1. The zero-order chi connectivity index (χ0) is 18.6. The largest absolute Gasteiger partial charge is 0.396 e. The fourth-order valence-corrected chi connectivity index (χ4v) is 3.60. The van der Waals surface area contributed by atoms with Crippen LogP contribution in [0.2, 0.25) is 10.0 Å². The third-order valence-corrected chi connectivity index (χ3v) is 5.57. The quantitative estimate of drug-likeness (QED) is 0.778. The van der Waals surface area contributed by atoms with Crippen LogP contribution in [0, 0.1) is 11.8 Å². The van der Waals surface area contributed by atoms with Gasteiger partial charge in [-0.25, -0.2) is 0 Å². The summed E-state index contributed by atoms with van der Waals surface area (Å²) in [7, 11) is 6.18. The molecular weight excluding hydrogens is 361 g/mol. The van der Waals surface area contributed by atoms with E-state index >= 15 is 0 Å². The molecule has 1 fully saturated rings. The molecule has 0 aromatic heterocycles. The fourth-order valence-electron chi connectivity index (χ4n) is 3.22. The Morgan fingerprint density at radius 2 is 1.88 bits per heavy atom. The monoisotopic (exact) mass is 387 g/mol. The molecule has 1 aliphatic heterocycles. The maximum Gasteiger partial charge on any atom is 0.255 e. The Kier molecular flexibility index (Phi) is 7.52. The van der Waals surface area contributed by atoms with Gasteiger partial charge in [0.2, 0.25) is 0 Å². The SMILES string of the molecule is CN(C)CCN(C)C[C@@H]1CN(C(=O)c2cccc(Cl)c2Cl)C[C@@H]1CO. The van der Waals surface area contributed by atoms with Gasteiger partial charge in [0.1, 0.15) is 0 Å². The molecule has 0 saturated carbocycles. The molecule has 1 heterocycles. The molecule has 2 atom stereocenters. The number of carbonyl (C=O) groups excluding carboxylic acids is 1. The number of likely N-dealkylation sites (N-methyl/N-ethyl adjacent to an activating group) is 2. The first-order valence-corrected chi connectivity index (χ1v) is 9.26. The minimum Gasteiger partial charge on any atom is -0.396 e. The minimum atomic E-state index is -0.121. The van der Waals surface area contributed by atoms with Crippen LogP contribution in [0.4, 0.5) is 0 Å². The van der Waals surface area contributed by atoms with E-state index in [1.165, 1.54) is 0 Å². The highest BCUT2D eigenvalue weighted by Gasteiger charge is 2.36. The van der Waals surface area contributed by atoms with E-state index in [0.29, 0.717) is 28.7 Å². The highest BCUT2D eigenvalue weighted by Crippen LogP contribution is 2.30. The lowest BCUT2D eigenvalue weighted by Crippen LogP contribution is -2.35. The zero-order valence-electron chi connectivity index (χ0n) is 15.1. The van der Waals surface area contributed by atoms with E-state index in [2.05, 4.69) is 30.9 Å². The number of likely N-dealkylation sites (tertiary alicyclic amines) is 1. The molecule has 0 bridgehead atoms. The van der Waals surface area contributed by atoms with Crippen molar-refractivity contribution in [1.82, 2.24) is 14.7 Å². The molecule has 0 radical (unpaired) electrons. The molecule has 0 aliphatic carbocycles. The lowest BCUT2D eigenvalue weighted by Gasteiger charge is -2.25. The normalized spacial score (nSPS) is 20.7. The maximum atomic E-state index is 12.8. The van der Waals surface area contributed by atoms with E-state index in [1.54, 1.807) is 23.1 Å². The molecular formula is C18H27Cl2N3O2. The smallest absolute Gasteiger partial charge is 0.255 e. The van der Waals surface area contributed by atoms with Gasteiger partial charge in [-0.05, 0) is 39.2 Å². The van der Waals surface area contributed by atoms with Crippen molar-refractivity contribution >= 4 is 29.1 Å². The summed E-state index contributed by atoms with van der Waals surface area (Å²) in [5.41, 5.74) is 0.424. The van der Waals surface area contributed by atoms with E-state index in [4.69, 9.17) is 23.2 Å². The van der Waals surface area contributed by atoms with Crippen LogP contribution in [0.1, 0.15) is 10.4 Å². The van der Waals surface area contributed by atoms with Crippen LogP contribution >= 0.6 is 23.2 Å². The zero-order valence-corrected chi connectivity index (χ0v) is 16.6. The molecule has 1 saturated heterocycles. The number of aliphatic hydroxyl groups is 1. The number of nitrogens with zero attached hydrogens (tertiary/aromatic N) is 3. The Balaban J connectivity index is 2.02.